The molecule has 226 valence electrons. The SMILES string of the molecule is CCc1c(C#CCNc2ccc(S(C)(=O)=O)cc2OC)sc2c(NC3CCC(N4CCS(=O)(=O)CC4)CC3)cccc12. The number of hydrogen-bond donors (Lipinski definition) is 2. The van der Waals surface area contributed by atoms with Gasteiger partial charge < -0.3 is 15.4 Å². The standard InChI is InChI=1S/C31H39N3O5S3/c1-4-25-26-7-5-8-28(33-22-10-12-23(13-11-22)34-17-19-42(37,38)20-18-34)31(26)40-30(25)9-6-16-32-27-15-14-24(41(3,35)36)21-29(27)39-2/h5,7-8,14-15,21-23,32-33H,4,10-13,16-20H2,1-3H3. The Morgan fingerprint density at radius 2 is 1.81 bits per heavy atom. The molecule has 1 aliphatic carbocycles. The molecule has 0 bridgehead atoms. The van der Waals surface area contributed by atoms with Gasteiger partial charge in [0, 0.05) is 37.5 Å². The van der Waals surface area contributed by atoms with Gasteiger partial charge in [0.2, 0.25) is 0 Å². The number of rotatable bonds is 8. The first-order chi connectivity index (χ1) is 20.1. The summed E-state index contributed by atoms with van der Waals surface area (Å²) in [7, 11) is -4.65. The normalized spacial score (nSPS) is 20.9. The predicted octanol–water partition coefficient (Wildman–Crippen LogP) is 4.79. The Balaban J connectivity index is 1.24. The molecule has 3 aromatic rings. The van der Waals surface area contributed by atoms with E-state index in [1.807, 2.05) is 0 Å². The maximum absolute atomic E-state index is 11.9. The van der Waals surface area contributed by atoms with Gasteiger partial charge in [-0.2, -0.15) is 0 Å². The van der Waals surface area contributed by atoms with Crippen molar-refractivity contribution in [3.8, 4) is 17.6 Å². The largest absolute Gasteiger partial charge is 0.495 e. The lowest BCUT2D eigenvalue weighted by molar-refractivity contribution is 0.164. The first kappa shape index (κ1) is 30.7. The van der Waals surface area contributed by atoms with Crippen molar-refractivity contribution in [3.63, 3.8) is 0 Å². The monoisotopic (exact) mass is 629 g/mol. The summed E-state index contributed by atoms with van der Waals surface area (Å²) >= 11 is 1.72. The molecule has 2 heterocycles. The van der Waals surface area contributed by atoms with E-state index in [2.05, 4.69) is 52.5 Å². The number of ether oxygens (including phenoxy) is 1. The smallest absolute Gasteiger partial charge is 0.175 e. The van der Waals surface area contributed by atoms with E-state index in [0.717, 1.165) is 42.7 Å². The minimum absolute atomic E-state index is 0.214. The van der Waals surface area contributed by atoms with E-state index in [9.17, 15) is 16.8 Å². The molecule has 1 saturated heterocycles. The average Bonchev–Trinajstić information content (AvgIpc) is 3.33. The summed E-state index contributed by atoms with van der Waals surface area (Å²) in [4.78, 5) is 3.66. The number of hydrogen-bond acceptors (Lipinski definition) is 9. The van der Waals surface area contributed by atoms with Crippen molar-refractivity contribution in [1.82, 2.24) is 4.90 Å². The number of aryl methyl sites for hydroxylation is 1. The minimum Gasteiger partial charge on any atom is -0.495 e. The third kappa shape index (κ3) is 7.05. The highest BCUT2D eigenvalue weighted by Gasteiger charge is 2.30. The van der Waals surface area contributed by atoms with Crippen LogP contribution in [0.25, 0.3) is 10.1 Å². The molecular weight excluding hydrogens is 591 g/mol. The lowest BCUT2D eigenvalue weighted by Crippen LogP contribution is -2.48. The zero-order chi connectivity index (χ0) is 29.9. The molecule has 2 aromatic carbocycles. The molecule has 42 heavy (non-hydrogen) atoms. The van der Waals surface area contributed by atoms with Crippen molar-refractivity contribution >= 4 is 52.5 Å². The number of thiophene rings is 1. The van der Waals surface area contributed by atoms with Gasteiger partial charge in [-0.15, -0.1) is 11.3 Å². The second kappa shape index (κ2) is 12.8. The van der Waals surface area contributed by atoms with Gasteiger partial charge in [0.25, 0.3) is 0 Å². The Hall–Kier alpha value is -2.78. The molecule has 0 atom stereocenters. The summed E-state index contributed by atoms with van der Waals surface area (Å²) in [6.45, 7) is 3.89. The van der Waals surface area contributed by atoms with Crippen molar-refractivity contribution in [2.45, 2.75) is 56.0 Å². The van der Waals surface area contributed by atoms with E-state index < -0.39 is 19.7 Å². The summed E-state index contributed by atoms with van der Waals surface area (Å²) in [6.07, 6.45) is 6.38. The van der Waals surface area contributed by atoms with Crippen molar-refractivity contribution in [1.29, 1.82) is 0 Å². The molecule has 11 heteroatoms. The Kier molecular flexibility index (Phi) is 9.38. The third-order valence-corrected chi connectivity index (χ3v) is 12.2. The first-order valence-corrected chi connectivity index (χ1v) is 19.0. The number of nitrogens with one attached hydrogen (secondary N) is 2. The van der Waals surface area contributed by atoms with Gasteiger partial charge in [0.1, 0.15) is 5.75 Å². The Labute approximate surface area is 253 Å². The molecule has 0 spiro atoms. The van der Waals surface area contributed by atoms with Gasteiger partial charge in [-0.05, 0) is 61.3 Å². The molecule has 1 aliphatic heterocycles. The zero-order valence-corrected chi connectivity index (χ0v) is 26.9. The Morgan fingerprint density at radius 1 is 1.07 bits per heavy atom. The van der Waals surface area contributed by atoms with Crippen LogP contribution in [0.4, 0.5) is 11.4 Å². The van der Waals surface area contributed by atoms with Crippen LogP contribution in [-0.4, -0.2) is 78.3 Å². The summed E-state index contributed by atoms with van der Waals surface area (Å²) in [5.41, 5.74) is 3.10. The van der Waals surface area contributed by atoms with Crippen molar-refractivity contribution in [2.75, 3.05) is 55.1 Å². The number of anilines is 2. The molecule has 1 saturated carbocycles. The number of sulfone groups is 2. The summed E-state index contributed by atoms with van der Waals surface area (Å²) in [5, 5.41) is 8.31. The van der Waals surface area contributed by atoms with E-state index >= 15 is 0 Å². The molecule has 0 unspecified atom stereocenters. The van der Waals surface area contributed by atoms with Crippen LogP contribution in [0.5, 0.6) is 5.75 Å². The second-order valence-corrected chi connectivity index (χ2v) is 16.4. The second-order valence-electron chi connectivity index (χ2n) is 11.1. The van der Waals surface area contributed by atoms with Gasteiger partial charge in [-0.25, -0.2) is 16.8 Å². The molecule has 5 rings (SSSR count). The highest BCUT2D eigenvalue weighted by Crippen LogP contribution is 2.38. The number of methoxy groups -OCH3 is 1. The molecule has 2 fully saturated rings. The fourth-order valence-electron chi connectivity index (χ4n) is 5.95. The fourth-order valence-corrected chi connectivity index (χ4v) is 9.05. The van der Waals surface area contributed by atoms with Crippen molar-refractivity contribution in [2.24, 2.45) is 0 Å². The van der Waals surface area contributed by atoms with Gasteiger partial charge >= 0.3 is 0 Å². The van der Waals surface area contributed by atoms with E-state index in [1.165, 1.54) is 35.1 Å². The molecule has 2 N–H and O–H groups in total. The summed E-state index contributed by atoms with van der Waals surface area (Å²) in [6, 6.07) is 12.1. The van der Waals surface area contributed by atoms with Crippen LogP contribution >= 0.6 is 11.3 Å². The van der Waals surface area contributed by atoms with Crippen LogP contribution in [0.1, 0.15) is 43.0 Å². The van der Waals surface area contributed by atoms with Crippen LogP contribution in [-0.2, 0) is 26.1 Å². The van der Waals surface area contributed by atoms with Crippen LogP contribution in [0.3, 0.4) is 0 Å². The van der Waals surface area contributed by atoms with Gasteiger partial charge in [0.15, 0.2) is 19.7 Å². The van der Waals surface area contributed by atoms with E-state index in [1.54, 1.807) is 23.5 Å². The van der Waals surface area contributed by atoms with E-state index in [0.29, 0.717) is 54.7 Å². The maximum Gasteiger partial charge on any atom is 0.175 e. The molecule has 2 aliphatic rings. The topological polar surface area (TPSA) is 105 Å². The van der Waals surface area contributed by atoms with E-state index in [4.69, 9.17) is 4.74 Å². The van der Waals surface area contributed by atoms with Gasteiger partial charge in [0.05, 0.1) is 51.0 Å². The number of fused-ring (bicyclic) bond motifs is 1. The fraction of sp³-hybridized carbons (Fsp3) is 0.484. The average molecular weight is 630 g/mol. The lowest BCUT2D eigenvalue weighted by Gasteiger charge is -2.39. The molecule has 0 amide bonds. The van der Waals surface area contributed by atoms with Crippen LogP contribution < -0.4 is 15.4 Å². The molecule has 0 radical (unpaired) electrons. The Morgan fingerprint density at radius 3 is 2.48 bits per heavy atom. The van der Waals surface area contributed by atoms with Crippen LogP contribution in [0.2, 0.25) is 0 Å². The quantitative estimate of drug-likeness (QED) is 0.343. The highest BCUT2D eigenvalue weighted by molar-refractivity contribution is 7.91. The molecule has 1 aromatic heterocycles. The summed E-state index contributed by atoms with van der Waals surface area (Å²) in [5.74, 6) is 7.65. The minimum atomic E-state index is -3.32. The van der Waals surface area contributed by atoms with E-state index in [-0.39, 0.29) is 4.90 Å². The first-order valence-electron chi connectivity index (χ1n) is 14.4. The molecule has 8 nitrogen and oxygen atoms in total. The van der Waals surface area contributed by atoms with Crippen LogP contribution in [0.15, 0.2) is 41.3 Å². The third-order valence-electron chi connectivity index (χ3n) is 8.29. The zero-order valence-electron chi connectivity index (χ0n) is 24.4. The number of benzene rings is 2. The highest BCUT2D eigenvalue weighted by atomic mass is 32.2. The van der Waals surface area contributed by atoms with Gasteiger partial charge in [-0.1, -0.05) is 30.9 Å². The van der Waals surface area contributed by atoms with Crippen molar-refractivity contribution in [3.05, 3.63) is 46.8 Å². The predicted molar refractivity (Wildman–Crippen MR) is 173 cm³/mol. The Bertz CT molecular complexity index is 1700. The van der Waals surface area contributed by atoms with Crippen molar-refractivity contribution < 1.29 is 21.6 Å². The number of nitrogens with zero attached hydrogens (tertiary/aromatic N) is 1. The van der Waals surface area contributed by atoms with Gasteiger partial charge in [-0.3, -0.25) is 4.90 Å². The maximum atomic E-state index is 11.9. The van der Waals surface area contributed by atoms with Crippen LogP contribution in [0, 0.1) is 11.8 Å². The molecular formula is C31H39N3O5S3. The summed E-state index contributed by atoms with van der Waals surface area (Å²) < 4.78 is 54.0. The lowest BCUT2D eigenvalue weighted by atomic mass is 9.90.